The van der Waals surface area contributed by atoms with Crippen molar-refractivity contribution in [3.05, 3.63) is 64.0 Å². The second-order valence-electron chi connectivity index (χ2n) is 6.07. The molecule has 1 N–H and O–H groups in total. The third-order valence-electron chi connectivity index (χ3n) is 4.48. The van der Waals surface area contributed by atoms with E-state index in [-0.39, 0.29) is 18.1 Å². The van der Waals surface area contributed by atoms with Gasteiger partial charge < -0.3 is 5.32 Å². The molecule has 0 aliphatic rings. The number of pyridine rings is 1. The van der Waals surface area contributed by atoms with Gasteiger partial charge in [0.05, 0.1) is 16.2 Å². The molecule has 0 aliphatic heterocycles. The largest absolute Gasteiger partial charge is 0.320 e. The van der Waals surface area contributed by atoms with Crippen molar-refractivity contribution in [3.8, 4) is 0 Å². The maximum atomic E-state index is 12.2. The molecule has 2 rings (SSSR count). The maximum absolute atomic E-state index is 12.2. The van der Waals surface area contributed by atoms with Gasteiger partial charge in [-0.25, -0.2) is 0 Å². The van der Waals surface area contributed by atoms with Crippen LogP contribution in [0, 0.1) is 17.0 Å². The van der Waals surface area contributed by atoms with Crippen LogP contribution in [-0.2, 0) is 11.3 Å². The van der Waals surface area contributed by atoms with Gasteiger partial charge in [0, 0.05) is 18.2 Å². The second-order valence-corrected chi connectivity index (χ2v) is 6.07. The Morgan fingerprint density at radius 3 is 2.40 bits per heavy atom. The van der Waals surface area contributed by atoms with E-state index in [9.17, 15) is 14.9 Å². The average Bonchev–Trinajstić information content (AvgIpc) is 2.59. The van der Waals surface area contributed by atoms with E-state index in [1.807, 2.05) is 24.5 Å². The Balaban J connectivity index is 2.06. The van der Waals surface area contributed by atoms with Gasteiger partial charge in [0.25, 0.3) is 11.6 Å². The number of nitrogens with zero attached hydrogens (tertiary/aromatic N) is 2. The Hall–Kier alpha value is -2.76. The van der Waals surface area contributed by atoms with Crippen molar-refractivity contribution in [2.75, 3.05) is 5.32 Å². The molecule has 25 heavy (non-hydrogen) atoms. The van der Waals surface area contributed by atoms with Gasteiger partial charge in [-0.2, -0.15) is 4.57 Å². The molecule has 0 saturated heterocycles. The van der Waals surface area contributed by atoms with Gasteiger partial charge >= 0.3 is 0 Å². The van der Waals surface area contributed by atoms with E-state index in [1.54, 1.807) is 23.6 Å². The highest BCUT2D eigenvalue weighted by molar-refractivity contribution is 5.91. The topological polar surface area (TPSA) is 76.1 Å². The first-order chi connectivity index (χ1) is 12.0. The highest BCUT2D eigenvalue weighted by Gasteiger charge is 2.17. The van der Waals surface area contributed by atoms with Crippen LogP contribution in [0.5, 0.6) is 0 Å². The summed E-state index contributed by atoms with van der Waals surface area (Å²) in [7, 11) is 0. The Kier molecular flexibility index (Phi) is 6.22. The molecule has 6 heteroatoms. The van der Waals surface area contributed by atoms with E-state index >= 15 is 0 Å². The molecule has 0 atom stereocenters. The number of amides is 1. The summed E-state index contributed by atoms with van der Waals surface area (Å²) in [6.45, 7) is 6.13. The molecule has 2 aromatic rings. The number of carbonyl (C=O) groups is 1. The number of nitro benzene ring substituents is 1. The Morgan fingerprint density at radius 1 is 1.20 bits per heavy atom. The molecule has 1 aromatic carbocycles. The SMILES string of the molecule is CCC(CC)c1cc[n+](CC(=O)Nc2cccc([N+](=O)[O-])c2C)cc1. The maximum Gasteiger partial charge on any atom is 0.290 e. The van der Waals surface area contributed by atoms with Gasteiger partial charge in [0.15, 0.2) is 12.4 Å². The van der Waals surface area contributed by atoms with Crippen molar-refractivity contribution in [2.45, 2.75) is 46.1 Å². The van der Waals surface area contributed by atoms with Crippen LogP contribution >= 0.6 is 0 Å². The van der Waals surface area contributed by atoms with Crippen molar-refractivity contribution >= 4 is 17.3 Å². The van der Waals surface area contributed by atoms with Gasteiger partial charge in [0.1, 0.15) is 0 Å². The molecular formula is C19H24N3O3+. The molecule has 132 valence electrons. The Morgan fingerprint density at radius 2 is 1.84 bits per heavy atom. The zero-order valence-electron chi connectivity index (χ0n) is 14.9. The van der Waals surface area contributed by atoms with Crippen LogP contribution in [0.15, 0.2) is 42.7 Å². The summed E-state index contributed by atoms with van der Waals surface area (Å²) in [6.07, 6.45) is 5.97. The average molecular weight is 342 g/mol. The van der Waals surface area contributed by atoms with Crippen molar-refractivity contribution in [1.29, 1.82) is 0 Å². The zero-order chi connectivity index (χ0) is 18.4. The molecule has 1 heterocycles. The minimum Gasteiger partial charge on any atom is -0.320 e. The highest BCUT2D eigenvalue weighted by atomic mass is 16.6. The molecule has 0 radical (unpaired) electrons. The van der Waals surface area contributed by atoms with Crippen LogP contribution in [0.2, 0.25) is 0 Å². The van der Waals surface area contributed by atoms with E-state index in [2.05, 4.69) is 19.2 Å². The lowest BCUT2D eigenvalue weighted by molar-refractivity contribution is -0.684. The van der Waals surface area contributed by atoms with Crippen LogP contribution < -0.4 is 9.88 Å². The molecule has 1 amide bonds. The Bertz CT molecular complexity index is 753. The number of nitrogens with one attached hydrogen (secondary N) is 1. The summed E-state index contributed by atoms with van der Waals surface area (Å²) in [5.41, 5.74) is 2.19. The van der Waals surface area contributed by atoms with Gasteiger partial charge in [-0.05, 0) is 37.3 Å². The van der Waals surface area contributed by atoms with Crippen molar-refractivity contribution in [3.63, 3.8) is 0 Å². The number of hydrogen-bond acceptors (Lipinski definition) is 3. The van der Waals surface area contributed by atoms with Crippen molar-refractivity contribution in [1.82, 2.24) is 0 Å². The predicted octanol–water partition coefficient (Wildman–Crippen LogP) is 3.73. The standard InChI is InChI=1S/C19H23N3O3/c1-4-15(5-2)16-9-11-21(12-10-16)13-19(23)20-17-7-6-8-18(14(17)3)22(24)25/h6-12,15H,4-5,13H2,1-3H3/p+1. The van der Waals surface area contributed by atoms with E-state index in [1.165, 1.54) is 11.6 Å². The third-order valence-corrected chi connectivity index (χ3v) is 4.48. The zero-order valence-corrected chi connectivity index (χ0v) is 14.9. The van der Waals surface area contributed by atoms with Crippen LogP contribution in [-0.4, -0.2) is 10.8 Å². The molecule has 6 nitrogen and oxygen atoms in total. The lowest BCUT2D eigenvalue weighted by Gasteiger charge is -2.11. The molecule has 1 aromatic heterocycles. The fourth-order valence-corrected chi connectivity index (χ4v) is 2.92. The van der Waals surface area contributed by atoms with Gasteiger partial charge in [0.2, 0.25) is 6.54 Å². The number of benzene rings is 1. The fraction of sp³-hybridized carbons (Fsp3) is 0.368. The lowest BCUT2D eigenvalue weighted by Crippen LogP contribution is -2.39. The molecule has 0 spiro atoms. The first kappa shape index (κ1) is 18.6. The summed E-state index contributed by atoms with van der Waals surface area (Å²) in [6, 6.07) is 8.75. The second kappa shape index (κ2) is 8.37. The van der Waals surface area contributed by atoms with Gasteiger partial charge in [-0.15, -0.1) is 0 Å². The summed E-state index contributed by atoms with van der Waals surface area (Å²) in [5.74, 6) is 0.319. The summed E-state index contributed by atoms with van der Waals surface area (Å²) in [4.78, 5) is 22.8. The number of carbonyl (C=O) groups excluding carboxylic acids is 1. The van der Waals surface area contributed by atoms with Crippen molar-refractivity contribution < 1.29 is 14.3 Å². The van der Waals surface area contributed by atoms with E-state index in [0.29, 0.717) is 17.2 Å². The lowest BCUT2D eigenvalue weighted by atomic mass is 9.95. The number of hydrogen-bond donors (Lipinski definition) is 1. The molecule has 0 unspecified atom stereocenters. The van der Waals surface area contributed by atoms with Crippen molar-refractivity contribution in [2.24, 2.45) is 0 Å². The molecular weight excluding hydrogens is 318 g/mol. The summed E-state index contributed by atoms with van der Waals surface area (Å²) in [5, 5.41) is 13.7. The predicted molar refractivity (Wildman–Crippen MR) is 96.4 cm³/mol. The van der Waals surface area contributed by atoms with E-state index in [0.717, 1.165) is 12.8 Å². The van der Waals surface area contributed by atoms with Crippen LogP contribution in [0.3, 0.4) is 0 Å². The smallest absolute Gasteiger partial charge is 0.290 e. The minimum absolute atomic E-state index is 0.0000194. The number of aromatic nitrogens is 1. The number of rotatable bonds is 7. The van der Waals surface area contributed by atoms with E-state index < -0.39 is 4.92 Å². The van der Waals surface area contributed by atoms with Crippen LogP contribution in [0.1, 0.15) is 43.7 Å². The minimum atomic E-state index is -0.448. The van der Waals surface area contributed by atoms with Gasteiger partial charge in [-0.1, -0.05) is 19.9 Å². The summed E-state index contributed by atoms with van der Waals surface area (Å²) >= 11 is 0. The fourth-order valence-electron chi connectivity index (χ4n) is 2.92. The molecule has 0 bridgehead atoms. The quantitative estimate of drug-likeness (QED) is 0.473. The highest BCUT2D eigenvalue weighted by Crippen LogP contribution is 2.25. The molecule has 0 saturated carbocycles. The molecule has 0 aliphatic carbocycles. The first-order valence-corrected chi connectivity index (χ1v) is 8.49. The number of anilines is 1. The van der Waals surface area contributed by atoms with E-state index in [4.69, 9.17) is 0 Å². The first-order valence-electron chi connectivity index (χ1n) is 8.49. The third kappa shape index (κ3) is 4.62. The molecule has 0 fully saturated rings. The van der Waals surface area contributed by atoms with Gasteiger partial charge in [-0.3, -0.25) is 14.9 Å². The monoisotopic (exact) mass is 342 g/mol. The van der Waals surface area contributed by atoms with Crippen LogP contribution in [0.25, 0.3) is 0 Å². The Labute approximate surface area is 147 Å². The number of nitro groups is 1. The summed E-state index contributed by atoms with van der Waals surface area (Å²) < 4.78 is 1.80. The normalized spacial score (nSPS) is 10.7. The van der Waals surface area contributed by atoms with Crippen LogP contribution in [0.4, 0.5) is 11.4 Å².